The molecule has 2 heterocycles. The second-order valence-electron chi connectivity index (χ2n) is 4.19. The van der Waals surface area contributed by atoms with Gasteiger partial charge in [-0.2, -0.15) is 5.10 Å². The molecule has 8 heteroatoms. The second kappa shape index (κ2) is 5.30. The van der Waals surface area contributed by atoms with E-state index >= 15 is 0 Å². The Bertz CT molecular complexity index is 509. The van der Waals surface area contributed by atoms with Crippen LogP contribution in [0.2, 0.25) is 0 Å². The highest BCUT2D eigenvalue weighted by molar-refractivity contribution is 7.08. The molecule has 1 aliphatic heterocycles. The van der Waals surface area contributed by atoms with Crippen molar-refractivity contribution in [3.63, 3.8) is 0 Å². The SMILES string of the molecule is CC(=O)NCC(=O)N1CC[C@@H](c2n[nH]c(=O)s2)C1. The molecular weight excluding hydrogens is 256 g/mol. The van der Waals surface area contributed by atoms with E-state index in [1.54, 1.807) is 4.90 Å². The first-order valence-corrected chi connectivity index (χ1v) is 6.45. The first-order valence-electron chi connectivity index (χ1n) is 5.64. The van der Waals surface area contributed by atoms with Crippen molar-refractivity contribution in [1.82, 2.24) is 20.4 Å². The number of aromatic nitrogens is 2. The zero-order chi connectivity index (χ0) is 13.1. The van der Waals surface area contributed by atoms with Gasteiger partial charge in [-0.05, 0) is 6.42 Å². The van der Waals surface area contributed by atoms with Crippen LogP contribution < -0.4 is 10.2 Å². The fraction of sp³-hybridized carbons (Fsp3) is 0.600. The number of hydrogen-bond donors (Lipinski definition) is 2. The molecule has 98 valence electrons. The number of rotatable bonds is 3. The van der Waals surface area contributed by atoms with Gasteiger partial charge in [0.2, 0.25) is 11.8 Å². The molecule has 0 aliphatic carbocycles. The van der Waals surface area contributed by atoms with E-state index in [4.69, 9.17) is 0 Å². The fourth-order valence-electron chi connectivity index (χ4n) is 1.92. The number of H-pyrrole nitrogens is 1. The second-order valence-corrected chi connectivity index (χ2v) is 5.18. The van der Waals surface area contributed by atoms with E-state index in [0.29, 0.717) is 13.1 Å². The number of carbonyl (C=O) groups excluding carboxylic acids is 2. The number of carbonyl (C=O) groups is 2. The normalized spacial score (nSPS) is 18.9. The lowest BCUT2D eigenvalue weighted by Crippen LogP contribution is -2.38. The van der Waals surface area contributed by atoms with Crippen LogP contribution in [0.25, 0.3) is 0 Å². The third-order valence-electron chi connectivity index (χ3n) is 2.83. The molecule has 0 aromatic carbocycles. The van der Waals surface area contributed by atoms with Crippen molar-refractivity contribution < 1.29 is 9.59 Å². The summed E-state index contributed by atoms with van der Waals surface area (Å²) in [6.45, 7) is 2.59. The van der Waals surface area contributed by atoms with E-state index in [2.05, 4.69) is 15.5 Å². The van der Waals surface area contributed by atoms with Crippen LogP contribution in [0.3, 0.4) is 0 Å². The third kappa shape index (κ3) is 2.95. The Morgan fingerprint density at radius 2 is 2.39 bits per heavy atom. The van der Waals surface area contributed by atoms with Gasteiger partial charge < -0.3 is 10.2 Å². The van der Waals surface area contributed by atoms with Crippen LogP contribution in [0.15, 0.2) is 4.79 Å². The van der Waals surface area contributed by atoms with Gasteiger partial charge in [0.1, 0.15) is 5.01 Å². The van der Waals surface area contributed by atoms with E-state index in [9.17, 15) is 14.4 Å². The fourth-order valence-corrected chi connectivity index (χ4v) is 2.65. The Morgan fingerprint density at radius 3 is 3.00 bits per heavy atom. The predicted octanol–water partition coefficient (Wildman–Crippen LogP) is -0.717. The predicted molar refractivity (Wildman–Crippen MR) is 65.4 cm³/mol. The topological polar surface area (TPSA) is 95.2 Å². The van der Waals surface area contributed by atoms with Gasteiger partial charge in [0.05, 0.1) is 6.54 Å². The van der Waals surface area contributed by atoms with E-state index in [-0.39, 0.29) is 29.1 Å². The van der Waals surface area contributed by atoms with Gasteiger partial charge in [0.25, 0.3) is 0 Å². The Labute approximate surface area is 107 Å². The minimum Gasteiger partial charge on any atom is -0.347 e. The van der Waals surface area contributed by atoms with Crippen LogP contribution in [0, 0.1) is 0 Å². The van der Waals surface area contributed by atoms with Gasteiger partial charge >= 0.3 is 4.87 Å². The third-order valence-corrected chi connectivity index (χ3v) is 3.74. The molecule has 0 unspecified atom stereocenters. The average molecular weight is 270 g/mol. The number of aromatic amines is 1. The largest absolute Gasteiger partial charge is 0.347 e. The lowest BCUT2D eigenvalue weighted by Gasteiger charge is -2.15. The maximum Gasteiger partial charge on any atom is 0.322 e. The number of hydrogen-bond acceptors (Lipinski definition) is 5. The van der Waals surface area contributed by atoms with Gasteiger partial charge in [0, 0.05) is 25.9 Å². The summed E-state index contributed by atoms with van der Waals surface area (Å²) in [6, 6.07) is 0. The van der Waals surface area contributed by atoms with Crippen LogP contribution in [-0.2, 0) is 9.59 Å². The zero-order valence-corrected chi connectivity index (χ0v) is 10.7. The monoisotopic (exact) mass is 270 g/mol. The zero-order valence-electron chi connectivity index (χ0n) is 9.93. The molecule has 1 atom stereocenters. The summed E-state index contributed by atoms with van der Waals surface area (Å²) in [5.41, 5.74) is 0. The summed E-state index contributed by atoms with van der Waals surface area (Å²) in [5.74, 6) is -0.199. The van der Waals surface area contributed by atoms with Crippen molar-refractivity contribution in [2.75, 3.05) is 19.6 Å². The number of nitrogens with zero attached hydrogens (tertiary/aromatic N) is 2. The Balaban J connectivity index is 1.90. The molecule has 0 radical (unpaired) electrons. The molecular formula is C10H14N4O3S. The van der Waals surface area contributed by atoms with Crippen LogP contribution in [-0.4, -0.2) is 46.5 Å². The Hall–Kier alpha value is -1.70. The lowest BCUT2D eigenvalue weighted by atomic mass is 10.1. The summed E-state index contributed by atoms with van der Waals surface area (Å²) >= 11 is 1.09. The van der Waals surface area contributed by atoms with Crippen LogP contribution >= 0.6 is 11.3 Å². The summed E-state index contributed by atoms with van der Waals surface area (Å²) in [4.78, 5) is 35.0. The van der Waals surface area contributed by atoms with Crippen molar-refractivity contribution in [3.05, 3.63) is 14.7 Å². The molecule has 1 aromatic rings. The molecule has 1 aliphatic rings. The van der Waals surface area contributed by atoms with Crippen LogP contribution in [0.4, 0.5) is 0 Å². The molecule has 7 nitrogen and oxygen atoms in total. The molecule has 2 amide bonds. The molecule has 0 saturated carbocycles. The highest BCUT2D eigenvalue weighted by Crippen LogP contribution is 2.26. The molecule has 0 spiro atoms. The van der Waals surface area contributed by atoms with Gasteiger partial charge in [-0.25, -0.2) is 5.10 Å². The summed E-state index contributed by atoms with van der Waals surface area (Å²) in [6.07, 6.45) is 0.798. The van der Waals surface area contributed by atoms with Crippen molar-refractivity contribution in [2.24, 2.45) is 0 Å². The van der Waals surface area contributed by atoms with Crippen LogP contribution in [0.5, 0.6) is 0 Å². The molecule has 1 saturated heterocycles. The van der Waals surface area contributed by atoms with Gasteiger partial charge in [-0.1, -0.05) is 11.3 Å². The lowest BCUT2D eigenvalue weighted by molar-refractivity contribution is -0.131. The summed E-state index contributed by atoms with van der Waals surface area (Å²) in [5, 5.41) is 9.55. The van der Waals surface area contributed by atoms with Crippen LogP contribution in [0.1, 0.15) is 24.3 Å². The van der Waals surface area contributed by atoms with E-state index < -0.39 is 0 Å². The first-order chi connectivity index (χ1) is 8.56. The van der Waals surface area contributed by atoms with Gasteiger partial charge in [0.15, 0.2) is 0 Å². The minimum atomic E-state index is -0.218. The standard InChI is InChI=1S/C10H14N4O3S/c1-6(15)11-4-8(16)14-3-2-7(5-14)9-12-13-10(17)18-9/h7H,2-5H2,1H3,(H,11,15)(H,13,17)/t7-/m1/s1. The smallest absolute Gasteiger partial charge is 0.322 e. The maximum atomic E-state index is 11.8. The van der Waals surface area contributed by atoms with Crippen molar-refractivity contribution in [3.8, 4) is 0 Å². The Morgan fingerprint density at radius 1 is 1.61 bits per heavy atom. The average Bonchev–Trinajstić information content (AvgIpc) is 2.93. The minimum absolute atomic E-state index is 0.0266. The number of nitrogens with one attached hydrogen (secondary N) is 2. The van der Waals surface area contributed by atoms with Crippen molar-refractivity contribution >= 4 is 23.2 Å². The summed E-state index contributed by atoms with van der Waals surface area (Å²) < 4.78 is 0. The quantitative estimate of drug-likeness (QED) is 0.758. The van der Waals surface area contributed by atoms with E-state index in [0.717, 1.165) is 22.8 Å². The number of amides is 2. The number of likely N-dealkylation sites (tertiary alicyclic amines) is 1. The van der Waals surface area contributed by atoms with Gasteiger partial charge in [-0.15, -0.1) is 0 Å². The molecule has 1 aromatic heterocycles. The molecule has 0 bridgehead atoms. The maximum absolute atomic E-state index is 11.8. The Kier molecular flexibility index (Phi) is 3.75. The molecule has 2 N–H and O–H groups in total. The van der Waals surface area contributed by atoms with Crippen molar-refractivity contribution in [1.29, 1.82) is 0 Å². The molecule has 1 fully saturated rings. The van der Waals surface area contributed by atoms with Crippen molar-refractivity contribution in [2.45, 2.75) is 19.3 Å². The highest BCUT2D eigenvalue weighted by Gasteiger charge is 2.29. The molecule has 2 rings (SSSR count). The van der Waals surface area contributed by atoms with E-state index in [1.165, 1.54) is 6.92 Å². The first kappa shape index (κ1) is 12.7. The van der Waals surface area contributed by atoms with E-state index in [1.807, 2.05) is 0 Å². The van der Waals surface area contributed by atoms with Gasteiger partial charge in [-0.3, -0.25) is 14.4 Å². The molecule has 18 heavy (non-hydrogen) atoms. The summed E-state index contributed by atoms with van der Waals surface area (Å²) in [7, 11) is 0. The highest BCUT2D eigenvalue weighted by atomic mass is 32.1.